The number of hydrogen-bond donors (Lipinski definition) is 1. The minimum Gasteiger partial charge on any atom is -0.481 e. The highest BCUT2D eigenvalue weighted by molar-refractivity contribution is 5.94. The lowest BCUT2D eigenvalue weighted by Gasteiger charge is -2.27. The molecule has 4 heteroatoms. The molecule has 0 aliphatic heterocycles. The van der Waals surface area contributed by atoms with E-state index in [1.807, 2.05) is 12.1 Å². The third-order valence-electron chi connectivity index (χ3n) is 4.63. The normalized spacial score (nSPS) is 17.3. The number of fused-ring (bicyclic) bond motifs is 1. The first-order chi connectivity index (χ1) is 12.0. The molecule has 0 bridgehead atoms. The van der Waals surface area contributed by atoms with Gasteiger partial charge in [-0.2, -0.15) is 0 Å². The lowest BCUT2D eigenvalue weighted by atomic mass is 9.87. The zero-order valence-corrected chi connectivity index (χ0v) is 14.6. The van der Waals surface area contributed by atoms with E-state index in [9.17, 15) is 9.59 Å². The second-order valence-electron chi connectivity index (χ2n) is 6.49. The Morgan fingerprint density at radius 3 is 2.56 bits per heavy atom. The predicted octanol–water partition coefficient (Wildman–Crippen LogP) is 3.85. The monoisotopic (exact) mass is 337 g/mol. The Labute approximate surface area is 148 Å². The van der Waals surface area contributed by atoms with Gasteiger partial charge in [0.15, 0.2) is 11.9 Å². The van der Waals surface area contributed by atoms with Crippen molar-refractivity contribution >= 4 is 11.7 Å². The number of aryl methyl sites for hydroxylation is 1. The maximum Gasteiger partial charge on any atom is 0.261 e. The van der Waals surface area contributed by atoms with E-state index in [1.165, 1.54) is 18.1 Å². The molecule has 0 saturated heterocycles. The molecule has 0 spiro atoms. The summed E-state index contributed by atoms with van der Waals surface area (Å²) in [6, 6.07) is 15.2. The fraction of sp³-hybridized carbons (Fsp3) is 0.333. The van der Waals surface area contributed by atoms with Gasteiger partial charge in [-0.05, 0) is 68.5 Å². The van der Waals surface area contributed by atoms with Gasteiger partial charge >= 0.3 is 0 Å². The Bertz CT molecular complexity index is 767. The zero-order chi connectivity index (χ0) is 17.8. The second kappa shape index (κ2) is 7.51. The summed E-state index contributed by atoms with van der Waals surface area (Å²) in [7, 11) is 0. The first-order valence-corrected chi connectivity index (χ1v) is 8.70. The number of ether oxygens (including phenoxy) is 1. The van der Waals surface area contributed by atoms with Gasteiger partial charge in [0.1, 0.15) is 5.75 Å². The van der Waals surface area contributed by atoms with Crippen molar-refractivity contribution in [2.24, 2.45) is 0 Å². The smallest absolute Gasteiger partial charge is 0.261 e. The van der Waals surface area contributed by atoms with E-state index >= 15 is 0 Å². The van der Waals surface area contributed by atoms with Crippen molar-refractivity contribution in [3.05, 3.63) is 65.2 Å². The van der Waals surface area contributed by atoms with E-state index in [2.05, 4.69) is 17.4 Å². The lowest BCUT2D eigenvalue weighted by molar-refractivity contribution is -0.128. The Kier molecular flexibility index (Phi) is 5.17. The van der Waals surface area contributed by atoms with Crippen molar-refractivity contribution in [2.45, 2.75) is 45.3 Å². The van der Waals surface area contributed by atoms with Crippen LogP contribution in [0.1, 0.15) is 54.2 Å². The molecule has 25 heavy (non-hydrogen) atoms. The number of Topliss-reactive ketones (excluding diaryl/α,β-unsaturated/α-hetero) is 1. The van der Waals surface area contributed by atoms with Crippen LogP contribution in [0.25, 0.3) is 0 Å². The van der Waals surface area contributed by atoms with Gasteiger partial charge in [0.25, 0.3) is 5.91 Å². The van der Waals surface area contributed by atoms with Crippen LogP contribution >= 0.6 is 0 Å². The van der Waals surface area contributed by atoms with Crippen LogP contribution in [0.3, 0.4) is 0 Å². The number of carbonyl (C=O) groups is 2. The van der Waals surface area contributed by atoms with Gasteiger partial charge < -0.3 is 10.1 Å². The summed E-state index contributed by atoms with van der Waals surface area (Å²) in [5, 5.41) is 3.11. The molecule has 2 unspecified atom stereocenters. The van der Waals surface area contributed by atoms with Crippen molar-refractivity contribution in [1.29, 1.82) is 0 Å². The van der Waals surface area contributed by atoms with Gasteiger partial charge in [0.2, 0.25) is 0 Å². The van der Waals surface area contributed by atoms with Crippen molar-refractivity contribution < 1.29 is 14.3 Å². The van der Waals surface area contributed by atoms with Crippen LogP contribution in [0.4, 0.5) is 0 Å². The third-order valence-corrected chi connectivity index (χ3v) is 4.63. The average Bonchev–Trinajstić information content (AvgIpc) is 2.62. The molecule has 130 valence electrons. The molecule has 0 aromatic heterocycles. The number of ketones is 1. The highest BCUT2D eigenvalue weighted by Gasteiger charge is 2.24. The molecule has 1 N–H and O–H groups in total. The van der Waals surface area contributed by atoms with Gasteiger partial charge in [-0.25, -0.2) is 0 Å². The van der Waals surface area contributed by atoms with Crippen LogP contribution in [0, 0.1) is 0 Å². The highest BCUT2D eigenvalue weighted by Crippen LogP contribution is 2.29. The van der Waals surface area contributed by atoms with E-state index in [-0.39, 0.29) is 17.7 Å². The van der Waals surface area contributed by atoms with E-state index in [0.29, 0.717) is 11.3 Å². The standard InChI is InChI=1S/C21H23NO3/c1-14(23)16-10-12-18(13-11-16)25-15(2)21(24)22-20-9-5-7-17-6-3-4-8-19(17)20/h3-4,6,8,10-13,15,20H,5,7,9H2,1-2H3,(H,22,24). The van der Waals surface area contributed by atoms with Crippen LogP contribution in [0.5, 0.6) is 5.75 Å². The predicted molar refractivity (Wildman–Crippen MR) is 96.8 cm³/mol. The number of hydrogen-bond acceptors (Lipinski definition) is 3. The van der Waals surface area contributed by atoms with Crippen molar-refractivity contribution in [3.8, 4) is 5.75 Å². The molecule has 0 saturated carbocycles. The first-order valence-electron chi connectivity index (χ1n) is 8.70. The number of nitrogens with one attached hydrogen (secondary N) is 1. The molecular formula is C21H23NO3. The molecule has 0 radical (unpaired) electrons. The minimum atomic E-state index is -0.600. The summed E-state index contributed by atoms with van der Waals surface area (Å²) in [6.45, 7) is 3.26. The Morgan fingerprint density at radius 2 is 1.84 bits per heavy atom. The molecule has 1 aliphatic carbocycles. The fourth-order valence-corrected chi connectivity index (χ4v) is 3.22. The van der Waals surface area contributed by atoms with Gasteiger partial charge in [-0.15, -0.1) is 0 Å². The first kappa shape index (κ1) is 17.2. The van der Waals surface area contributed by atoms with Gasteiger partial charge in [0.05, 0.1) is 6.04 Å². The summed E-state index contributed by atoms with van der Waals surface area (Å²) in [5.74, 6) is 0.461. The summed E-state index contributed by atoms with van der Waals surface area (Å²) < 4.78 is 5.72. The van der Waals surface area contributed by atoms with E-state index in [4.69, 9.17) is 4.74 Å². The van der Waals surface area contributed by atoms with Crippen molar-refractivity contribution in [1.82, 2.24) is 5.32 Å². The summed E-state index contributed by atoms with van der Waals surface area (Å²) in [4.78, 5) is 23.8. The molecule has 1 amide bonds. The number of amides is 1. The fourth-order valence-electron chi connectivity index (χ4n) is 3.22. The Balaban J connectivity index is 1.62. The lowest BCUT2D eigenvalue weighted by Crippen LogP contribution is -2.39. The van der Waals surface area contributed by atoms with Crippen LogP contribution in [-0.4, -0.2) is 17.8 Å². The van der Waals surface area contributed by atoms with Crippen LogP contribution in [0.2, 0.25) is 0 Å². The van der Waals surface area contributed by atoms with Gasteiger partial charge in [-0.3, -0.25) is 9.59 Å². The number of carbonyl (C=O) groups excluding carboxylic acids is 2. The maximum absolute atomic E-state index is 12.5. The van der Waals surface area contributed by atoms with E-state index in [0.717, 1.165) is 19.3 Å². The largest absolute Gasteiger partial charge is 0.481 e. The summed E-state index contributed by atoms with van der Waals surface area (Å²) in [5.41, 5.74) is 3.15. The molecule has 2 aromatic carbocycles. The average molecular weight is 337 g/mol. The molecule has 4 nitrogen and oxygen atoms in total. The molecular weight excluding hydrogens is 314 g/mol. The Hall–Kier alpha value is -2.62. The third kappa shape index (κ3) is 4.08. The quantitative estimate of drug-likeness (QED) is 0.843. The topological polar surface area (TPSA) is 55.4 Å². The second-order valence-corrected chi connectivity index (χ2v) is 6.49. The summed E-state index contributed by atoms with van der Waals surface area (Å²) in [6.07, 6.45) is 2.49. The van der Waals surface area contributed by atoms with Crippen LogP contribution in [-0.2, 0) is 11.2 Å². The molecule has 0 fully saturated rings. The SMILES string of the molecule is CC(=O)c1ccc(OC(C)C(=O)NC2CCCc3ccccc32)cc1. The molecule has 2 atom stereocenters. The maximum atomic E-state index is 12.5. The van der Waals surface area contributed by atoms with Crippen LogP contribution < -0.4 is 10.1 Å². The van der Waals surface area contributed by atoms with E-state index in [1.54, 1.807) is 31.2 Å². The highest BCUT2D eigenvalue weighted by atomic mass is 16.5. The van der Waals surface area contributed by atoms with E-state index < -0.39 is 6.10 Å². The van der Waals surface area contributed by atoms with Crippen molar-refractivity contribution in [2.75, 3.05) is 0 Å². The molecule has 3 rings (SSSR count). The number of benzene rings is 2. The van der Waals surface area contributed by atoms with Crippen molar-refractivity contribution in [3.63, 3.8) is 0 Å². The molecule has 1 aliphatic rings. The zero-order valence-electron chi connectivity index (χ0n) is 14.6. The molecule has 2 aromatic rings. The van der Waals surface area contributed by atoms with Gasteiger partial charge in [0, 0.05) is 5.56 Å². The van der Waals surface area contributed by atoms with Crippen LogP contribution in [0.15, 0.2) is 48.5 Å². The minimum absolute atomic E-state index is 0.00769. The Morgan fingerprint density at radius 1 is 1.12 bits per heavy atom. The van der Waals surface area contributed by atoms with Gasteiger partial charge in [-0.1, -0.05) is 24.3 Å². The summed E-state index contributed by atoms with van der Waals surface area (Å²) >= 11 is 0. The number of rotatable bonds is 5. The molecule has 0 heterocycles.